The van der Waals surface area contributed by atoms with Gasteiger partial charge >= 0.3 is 0 Å². The third kappa shape index (κ3) is 3.01. The van der Waals surface area contributed by atoms with Crippen LogP contribution in [0.15, 0.2) is 24.3 Å². The van der Waals surface area contributed by atoms with Gasteiger partial charge in [-0.1, -0.05) is 12.1 Å². The van der Waals surface area contributed by atoms with Crippen molar-refractivity contribution in [2.24, 2.45) is 0 Å². The molecule has 104 valence electrons. The van der Waals surface area contributed by atoms with E-state index >= 15 is 0 Å². The van der Waals surface area contributed by atoms with Crippen LogP contribution in [0.4, 0.5) is 0 Å². The minimum Gasteiger partial charge on any atom is -0.486 e. The molecular formula is C15H21NO3. The predicted molar refractivity (Wildman–Crippen MR) is 72.8 cm³/mol. The van der Waals surface area contributed by atoms with Gasteiger partial charge in [-0.25, -0.2) is 0 Å². The topological polar surface area (TPSA) is 39.7 Å². The first-order chi connectivity index (χ1) is 9.35. The molecule has 4 heteroatoms. The molecule has 1 atom stereocenters. The van der Waals surface area contributed by atoms with Crippen LogP contribution >= 0.6 is 0 Å². The number of benzene rings is 1. The van der Waals surface area contributed by atoms with Gasteiger partial charge in [-0.3, -0.25) is 0 Å². The van der Waals surface area contributed by atoms with E-state index in [1.165, 1.54) is 0 Å². The van der Waals surface area contributed by atoms with E-state index in [1.807, 2.05) is 31.2 Å². The van der Waals surface area contributed by atoms with Crippen LogP contribution in [0.5, 0.6) is 11.5 Å². The highest BCUT2D eigenvalue weighted by molar-refractivity contribution is 5.40. The number of rotatable bonds is 5. The zero-order valence-corrected chi connectivity index (χ0v) is 11.3. The van der Waals surface area contributed by atoms with E-state index in [1.54, 1.807) is 0 Å². The molecule has 0 radical (unpaired) electrons. The monoisotopic (exact) mass is 263 g/mol. The molecule has 19 heavy (non-hydrogen) atoms. The van der Waals surface area contributed by atoms with Crippen molar-refractivity contribution in [3.8, 4) is 11.5 Å². The van der Waals surface area contributed by atoms with Gasteiger partial charge in [0.05, 0.1) is 6.10 Å². The fourth-order valence-corrected chi connectivity index (χ4v) is 2.57. The SMILES string of the molecule is CCOC1CC(NCC2COc3ccccc3O2)C1. The summed E-state index contributed by atoms with van der Waals surface area (Å²) in [6, 6.07) is 8.39. The van der Waals surface area contributed by atoms with Gasteiger partial charge in [-0.2, -0.15) is 0 Å². The van der Waals surface area contributed by atoms with Gasteiger partial charge in [0, 0.05) is 19.2 Å². The number of hydrogen-bond donors (Lipinski definition) is 1. The van der Waals surface area contributed by atoms with Crippen molar-refractivity contribution in [3.05, 3.63) is 24.3 Å². The van der Waals surface area contributed by atoms with Crippen LogP contribution in [0.1, 0.15) is 19.8 Å². The number of fused-ring (bicyclic) bond motifs is 1. The van der Waals surface area contributed by atoms with Crippen LogP contribution in [-0.2, 0) is 4.74 Å². The molecule has 0 aromatic heterocycles. The maximum absolute atomic E-state index is 5.91. The van der Waals surface area contributed by atoms with Crippen LogP contribution in [0.3, 0.4) is 0 Å². The maximum atomic E-state index is 5.91. The van der Waals surface area contributed by atoms with Crippen LogP contribution < -0.4 is 14.8 Å². The van der Waals surface area contributed by atoms with Gasteiger partial charge in [0.1, 0.15) is 12.7 Å². The third-order valence-electron chi connectivity index (χ3n) is 3.70. The summed E-state index contributed by atoms with van der Waals surface area (Å²) in [5.74, 6) is 1.69. The highest BCUT2D eigenvalue weighted by Gasteiger charge is 2.30. The van der Waals surface area contributed by atoms with E-state index < -0.39 is 0 Å². The first-order valence-corrected chi connectivity index (χ1v) is 7.08. The molecule has 0 bridgehead atoms. The molecule has 3 rings (SSSR count). The Labute approximate surface area is 114 Å². The van der Waals surface area contributed by atoms with E-state index in [9.17, 15) is 0 Å². The van der Waals surface area contributed by atoms with Gasteiger partial charge in [0.2, 0.25) is 0 Å². The summed E-state index contributed by atoms with van der Waals surface area (Å²) in [4.78, 5) is 0. The van der Waals surface area contributed by atoms with Gasteiger partial charge < -0.3 is 19.5 Å². The number of ether oxygens (including phenoxy) is 3. The Hall–Kier alpha value is -1.26. The summed E-state index contributed by atoms with van der Waals surface area (Å²) in [5, 5.41) is 3.52. The Morgan fingerprint density at radius 1 is 1.26 bits per heavy atom. The molecule has 0 saturated heterocycles. The van der Waals surface area contributed by atoms with Crippen molar-refractivity contribution in [1.29, 1.82) is 0 Å². The van der Waals surface area contributed by atoms with Crippen molar-refractivity contribution < 1.29 is 14.2 Å². The average Bonchev–Trinajstić information content (AvgIpc) is 2.41. The fraction of sp³-hybridized carbons (Fsp3) is 0.600. The van der Waals surface area contributed by atoms with Gasteiger partial charge in [0.15, 0.2) is 11.5 Å². The molecule has 1 fully saturated rings. The van der Waals surface area contributed by atoms with Crippen LogP contribution in [0.25, 0.3) is 0 Å². The lowest BCUT2D eigenvalue weighted by Gasteiger charge is -2.37. The second-order valence-corrected chi connectivity index (χ2v) is 5.15. The summed E-state index contributed by atoms with van der Waals surface area (Å²) in [7, 11) is 0. The normalized spacial score (nSPS) is 28.8. The Kier molecular flexibility index (Phi) is 3.89. The standard InChI is InChI=1S/C15H21NO3/c1-2-17-12-7-11(8-12)16-9-13-10-18-14-5-3-4-6-15(14)19-13/h3-6,11-13,16H,2,7-10H2,1H3. The minimum absolute atomic E-state index is 0.0982. The largest absolute Gasteiger partial charge is 0.486 e. The first kappa shape index (κ1) is 12.8. The Balaban J connectivity index is 1.41. The van der Waals surface area contributed by atoms with Crippen LogP contribution in [0.2, 0.25) is 0 Å². The van der Waals surface area contributed by atoms with E-state index in [0.29, 0.717) is 18.8 Å². The summed E-state index contributed by atoms with van der Waals surface area (Å²) in [5.41, 5.74) is 0. The van der Waals surface area contributed by atoms with Crippen molar-refractivity contribution in [2.75, 3.05) is 19.8 Å². The smallest absolute Gasteiger partial charge is 0.161 e. The molecular weight excluding hydrogens is 242 g/mol. The number of nitrogens with one attached hydrogen (secondary N) is 1. The van der Waals surface area contributed by atoms with E-state index in [-0.39, 0.29) is 6.10 Å². The van der Waals surface area contributed by atoms with E-state index in [4.69, 9.17) is 14.2 Å². The Bertz CT molecular complexity index is 418. The fourth-order valence-electron chi connectivity index (χ4n) is 2.57. The molecule has 1 aromatic carbocycles. The van der Waals surface area contributed by atoms with Crippen molar-refractivity contribution in [2.45, 2.75) is 38.0 Å². The number of para-hydroxylation sites is 2. The molecule has 1 aliphatic heterocycles. The molecule has 4 nitrogen and oxygen atoms in total. The third-order valence-corrected chi connectivity index (χ3v) is 3.70. The minimum atomic E-state index is 0.0982. The average molecular weight is 263 g/mol. The number of hydrogen-bond acceptors (Lipinski definition) is 4. The lowest BCUT2D eigenvalue weighted by atomic mass is 9.89. The van der Waals surface area contributed by atoms with Gasteiger partial charge in [-0.05, 0) is 31.9 Å². The molecule has 1 aliphatic carbocycles. The summed E-state index contributed by atoms with van der Waals surface area (Å²) < 4.78 is 17.1. The predicted octanol–water partition coefficient (Wildman–Crippen LogP) is 1.98. The van der Waals surface area contributed by atoms with Gasteiger partial charge in [0.25, 0.3) is 0 Å². The quantitative estimate of drug-likeness (QED) is 0.882. The highest BCUT2D eigenvalue weighted by Crippen LogP contribution is 2.31. The summed E-state index contributed by atoms with van der Waals surface area (Å²) in [6.45, 7) is 4.31. The summed E-state index contributed by atoms with van der Waals surface area (Å²) in [6.07, 6.45) is 2.77. The molecule has 0 spiro atoms. The van der Waals surface area contributed by atoms with Crippen molar-refractivity contribution in [1.82, 2.24) is 5.32 Å². The van der Waals surface area contributed by atoms with E-state index in [0.717, 1.165) is 37.5 Å². The van der Waals surface area contributed by atoms with Crippen LogP contribution in [-0.4, -0.2) is 38.0 Å². The second kappa shape index (κ2) is 5.80. The summed E-state index contributed by atoms with van der Waals surface area (Å²) >= 11 is 0. The Morgan fingerprint density at radius 2 is 2.05 bits per heavy atom. The lowest BCUT2D eigenvalue weighted by molar-refractivity contribution is -0.0135. The zero-order chi connectivity index (χ0) is 13.1. The molecule has 1 aromatic rings. The molecule has 1 saturated carbocycles. The van der Waals surface area contributed by atoms with E-state index in [2.05, 4.69) is 5.32 Å². The van der Waals surface area contributed by atoms with Gasteiger partial charge in [-0.15, -0.1) is 0 Å². The highest BCUT2D eigenvalue weighted by atomic mass is 16.6. The lowest BCUT2D eigenvalue weighted by Crippen LogP contribution is -2.49. The molecule has 2 aliphatic rings. The molecule has 0 amide bonds. The Morgan fingerprint density at radius 3 is 2.84 bits per heavy atom. The van der Waals surface area contributed by atoms with Crippen molar-refractivity contribution in [3.63, 3.8) is 0 Å². The zero-order valence-electron chi connectivity index (χ0n) is 11.3. The molecule has 1 heterocycles. The van der Waals surface area contributed by atoms with Crippen molar-refractivity contribution >= 4 is 0 Å². The molecule has 1 N–H and O–H groups in total. The molecule has 1 unspecified atom stereocenters. The maximum Gasteiger partial charge on any atom is 0.161 e. The second-order valence-electron chi connectivity index (χ2n) is 5.15. The van der Waals surface area contributed by atoms with Crippen LogP contribution in [0, 0.1) is 0 Å². The first-order valence-electron chi connectivity index (χ1n) is 7.08.